The zero-order valence-corrected chi connectivity index (χ0v) is 13.0. The summed E-state index contributed by atoms with van der Waals surface area (Å²) in [6, 6.07) is 12.2. The van der Waals surface area contributed by atoms with Crippen LogP contribution in [-0.2, 0) is 6.42 Å². The highest BCUT2D eigenvalue weighted by atomic mass is 16.2. The Bertz CT molecular complexity index is 884. The first-order valence-corrected chi connectivity index (χ1v) is 7.92. The van der Waals surface area contributed by atoms with Gasteiger partial charge in [-0.15, -0.1) is 0 Å². The monoisotopic (exact) mass is 306 g/mol. The van der Waals surface area contributed by atoms with Crippen LogP contribution in [0.5, 0.6) is 0 Å². The van der Waals surface area contributed by atoms with Gasteiger partial charge < -0.3 is 5.32 Å². The second-order valence-electron chi connectivity index (χ2n) is 6.01. The molecule has 0 saturated heterocycles. The van der Waals surface area contributed by atoms with Gasteiger partial charge in [-0.3, -0.25) is 4.79 Å². The van der Waals surface area contributed by atoms with E-state index in [9.17, 15) is 4.79 Å². The summed E-state index contributed by atoms with van der Waals surface area (Å²) in [4.78, 5) is 17.0. The van der Waals surface area contributed by atoms with Gasteiger partial charge in [-0.25, -0.2) is 9.50 Å². The average molecular weight is 306 g/mol. The molecule has 116 valence electrons. The van der Waals surface area contributed by atoms with Gasteiger partial charge >= 0.3 is 0 Å². The van der Waals surface area contributed by atoms with Gasteiger partial charge in [-0.05, 0) is 49.4 Å². The van der Waals surface area contributed by atoms with E-state index in [4.69, 9.17) is 0 Å². The van der Waals surface area contributed by atoms with Crippen molar-refractivity contribution in [3.8, 4) is 0 Å². The lowest BCUT2D eigenvalue weighted by Crippen LogP contribution is -2.31. The first-order valence-electron chi connectivity index (χ1n) is 7.92. The molecule has 1 aromatic carbocycles. The Kier molecular flexibility index (Phi) is 3.33. The molecule has 5 heteroatoms. The molecular formula is C18H18N4O. The van der Waals surface area contributed by atoms with Crippen LogP contribution >= 0.6 is 0 Å². The predicted octanol–water partition coefficient (Wildman–Crippen LogP) is 2.85. The molecule has 0 spiro atoms. The lowest BCUT2D eigenvalue weighted by molar-refractivity contribution is 0.0925. The maximum atomic E-state index is 12.7. The fraction of sp³-hybridized carbons (Fsp3) is 0.278. The minimum absolute atomic E-state index is 0.0582. The van der Waals surface area contributed by atoms with Crippen LogP contribution in [0.2, 0.25) is 0 Å². The van der Waals surface area contributed by atoms with Gasteiger partial charge in [0.05, 0.1) is 17.9 Å². The SMILES string of the molecule is Cc1ccc2ncc(C(=O)NC3CCCc4ccccc43)n2n1. The first-order chi connectivity index (χ1) is 11.2. The number of hydrogen-bond donors (Lipinski definition) is 1. The molecule has 0 aliphatic heterocycles. The van der Waals surface area contributed by atoms with Crippen LogP contribution in [-0.4, -0.2) is 20.5 Å². The quantitative estimate of drug-likeness (QED) is 0.792. The van der Waals surface area contributed by atoms with Crippen LogP contribution in [0, 0.1) is 6.92 Å². The molecule has 1 N–H and O–H groups in total. The molecule has 1 aliphatic carbocycles. The summed E-state index contributed by atoms with van der Waals surface area (Å²) in [7, 11) is 0. The number of amides is 1. The Labute approximate surface area is 134 Å². The Morgan fingerprint density at radius 1 is 1.26 bits per heavy atom. The maximum absolute atomic E-state index is 12.7. The van der Waals surface area contributed by atoms with Gasteiger partial charge in [0.15, 0.2) is 5.65 Å². The van der Waals surface area contributed by atoms with E-state index in [1.54, 1.807) is 10.7 Å². The normalized spacial score (nSPS) is 17.0. The highest BCUT2D eigenvalue weighted by Gasteiger charge is 2.23. The van der Waals surface area contributed by atoms with Crippen molar-refractivity contribution < 1.29 is 4.79 Å². The van der Waals surface area contributed by atoms with Gasteiger partial charge in [0, 0.05) is 0 Å². The van der Waals surface area contributed by atoms with Crippen molar-refractivity contribution in [3.63, 3.8) is 0 Å². The lowest BCUT2D eigenvalue weighted by Gasteiger charge is -2.26. The van der Waals surface area contributed by atoms with Crippen molar-refractivity contribution in [2.24, 2.45) is 0 Å². The topological polar surface area (TPSA) is 59.3 Å². The zero-order chi connectivity index (χ0) is 15.8. The van der Waals surface area contributed by atoms with Gasteiger partial charge in [-0.1, -0.05) is 24.3 Å². The standard InChI is InChI=1S/C18H18N4O/c1-12-9-10-17-19-11-16(22(17)21-12)18(23)20-15-8-4-6-13-5-2-3-7-14(13)15/h2-3,5,7,9-11,15H,4,6,8H2,1H3,(H,20,23). The minimum atomic E-state index is -0.127. The van der Waals surface area contributed by atoms with E-state index < -0.39 is 0 Å². The fourth-order valence-corrected chi connectivity index (χ4v) is 3.26. The van der Waals surface area contributed by atoms with Crippen LogP contribution in [0.4, 0.5) is 0 Å². The maximum Gasteiger partial charge on any atom is 0.272 e. The molecule has 0 radical (unpaired) electrons. The van der Waals surface area contributed by atoms with Crippen LogP contribution in [0.15, 0.2) is 42.6 Å². The molecule has 1 amide bonds. The summed E-state index contributed by atoms with van der Waals surface area (Å²) in [5.41, 5.74) is 4.57. The molecule has 0 bridgehead atoms. The Balaban J connectivity index is 1.64. The number of rotatable bonds is 2. The van der Waals surface area contributed by atoms with Gasteiger partial charge in [-0.2, -0.15) is 5.10 Å². The lowest BCUT2D eigenvalue weighted by atomic mass is 9.88. The Hall–Kier alpha value is -2.69. The number of carbonyl (C=O) groups is 1. The summed E-state index contributed by atoms with van der Waals surface area (Å²) < 4.78 is 1.61. The molecule has 0 saturated carbocycles. The molecule has 0 fully saturated rings. The van der Waals surface area contributed by atoms with Crippen molar-refractivity contribution in [3.05, 3.63) is 65.1 Å². The molecule has 2 heterocycles. The average Bonchev–Trinajstić information content (AvgIpc) is 2.98. The molecule has 1 unspecified atom stereocenters. The van der Waals surface area contributed by atoms with E-state index in [2.05, 4.69) is 33.6 Å². The van der Waals surface area contributed by atoms with Crippen LogP contribution < -0.4 is 5.32 Å². The van der Waals surface area contributed by atoms with E-state index >= 15 is 0 Å². The van der Waals surface area contributed by atoms with Crippen molar-refractivity contribution >= 4 is 11.6 Å². The van der Waals surface area contributed by atoms with Crippen molar-refractivity contribution in [2.45, 2.75) is 32.2 Å². The second kappa shape index (κ2) is 5.50. The van der Waals surface area contributed by atoms with Crippen LogP contribution in [0.1, 0.15) is 46.2 Å². The number of benzene rings is 1. The third-order valence-electron chi connectivity index (χ3n) is 4.40. The smallest absolute Gasteiger partial charge is 0.272 e. The summed E-state index contributed by atoms with van der Waals surface area (Å²) >= 11 is 0. The Morgan fingerprint density at radius 3 is 3.04 bits per heavy atom. The highest BCUT2D eigenvalue weighted by molar-refractivity contribution is 5.93. The van der Waals surface area contributed by atoms with Gasteiger partial charge in [0.1, 0.15) is 5.69 Å². The van der Waals surface area contributed by atoms with E-state index in [1.165, 1.54) is 11.1 Å². The van der Waals surface area contributed by atoms with Crippen molar-refractivity contribution in [1.29, 1.82) is 0 Å². The largest absolute Gasteiger partial charge is 0.344 e. The third-order valence-corrected chi connectivity index (χ3v) is 4.40. The molecule has 23 heavy (non-hydrogen) atoms. The zero-order valence-electron chi connectivity index (χ0n) is 13.0. The molecular weight excluding hydrogens is 288 g/mol. The van der Waals surface area contributed by atoms with E-state index in [-0.39, 0.29) is 11.9 Å². The number of imidazole rings is 1. The van der Waals surface area contributed by atoms with Gasteiger partial charge in [0.2, 0.25) is 0 Å². The van der Waals surface area contributed by atoms with Crippen molar-refractivity contribution in [1.82, 2.24) is 19.9 Å². The van der Waals surface area contributed by atoms with E-state index in [1.807, 2.05) is 25.1 Å². The molecule has 5 nitrogen and oxygen atoms in total. The number of carbonyl (C=O) groups excluding carboxylic acids is 1. The Morgan fingerprint density at radius 2 is 2.13 bits per heavy atom. The minimum Gasteiger partial charge on any atom is -0.344 e. The number of aryl methyl sites for hydroxylation is 2. The molecule has 4 rings (SSSR count). The van der Waals surface area contributed by atoms with E-state index in [0.717, 1.165) is 25.0 Å². The number of fused-ring (bicyclic) bond motifs is 2. The fourth-order valence-electron chi connectivity index (χ4n) is 3.26. The number of nitrogens with one attached hydrogen (secondary N) is 1. The first kappa shape index (κ1) is 13.9. The summed E-state index contributed by atoms with van der Waals surface area (Å²) in [6.07, 6.45) is 4.73. The highest BCUT2D eigenvalue weighted by Crippen LogP contribution is 2.29. The molecule has 3 aromatic rings. The third kappa shape index (κ3) is 2.48. The molecule has 1 atom stereocenters. The van der Waals surface area contributed by atoms with Crippen molar-refractivity contribution in [2.75, 3.05) is 0 Å². The number of hydrogen-bond acceptors (Lipinski definition) is 3. The van der Waals surface area contributed by atoms with Crippen LogP contribution in [0.25, 0.3) is 5.65 Å². The number of aromatic nitrogens is 3. The second-order valence-corrected chi connectivity index (χ2v) is 6.01. The molecule has 2 aromatic heterocycles. The van der Waals surface area contributed by atoms with Crippen LogP contribution in [0.3, 0.4) is 0 Å². The summed E-state index contributed by atoms with van der Waals surface area (Å²) in [5, 5.41) is 7.54. The van der Waals surface area contributed by atoms with E-state index in [0.29, 0.717) is 11.3 Å². The summed E-state index contributed by atoms with van der Waals surface area (Å²) in [6.45, 7) is 1.90. The number of nitrogens with zero attached hydrogens (tertiary/aromatic N) is 3. The summed E-state index contributed by atoms with van der Waals surface area (Å²) in [5.74, 6) is -0.127. The van der Waals surface area contributed by atoms with Gasteiger partial charge in [0.25, 0.3) is 5.91 Å². The molecule has 1 aliphatic rings. The predicted molar refractivity (Wildman–Crippen MR) is 87.3 cm³/mol.